The van der Waals surface area contributed by atoms with E-state index in [9.17, 15) is 14.4 Å². The Balaban J connectivity index is 1.51. The smallest absolute Gasteiger partial charge is 0.417 e. The molecule has 1 aromatic carbocycles. The van der Waals surface area contributed by atoms with Gasteiger partial charge in [-0.15, -0.1) is 0 Å². The summed E-state index contributed by atoms with van der Waals surface area (Å²) in [6.45, 7) is 9.08. The minimum atomic E-state index is -0.652. The number of carbonyl (C=O) groups excluding carboxylic acids is 3. The van der Waals surface area contributed by atoms with Crippen molar-refractivity contribution in [3.05, 3.63) is 35.9 Å². The van der Waals surface area contributed by atoms with E-state index >= 15 is 0 Å². The molecule has 33 heavy (non-hydrogen) atoms. The highest BCUT2D eigenvalue weighted by Crippen LogP contribution is 2.50. The van der Waals surface area contributed by atoms with Crippen molar-refractivity contribution in [2.45, 2.75) is 83.4 Å². The Labute approximate surface area is 195 Å². The van der Waals surface area contributed by atoms with E-state index in [1.807, 2.05) is 58.0 Å². The maximum Gasteiger partial charge on any atom is 0.417 e. The SMILES string of the molecule is CO[C@H]([C@@H](C)C(=O)N1C(=O)O[C@@H](c2ccccc2)[C@H]1C)[C@@H]1C[C@H]2CC2N1C(=O)OC(C)(C)C. The van der Waals surface area contributed by atoms with Crippen LogP contribution in [0, 0.1) is 11.8 Å². The monoisotopic (exact) mass is 458 g/mol. The van der Waals surface area contributed by atoms with Gasteiger partial charge in [0.05, 0.1) is 24.1 Å². The van der Waals surface area contributed by atoms with Crippen LogP contribution in [-0.2, 0) is 19.0 Å². The second-order valence-electron chi connectivity index (χ2n) is 10.4. The summed E-state index contributed by atoms with van der Waals surface area (Å²) in [6.07, 6.45) is -0.407. The van der Waals surface area contributed by atoms with Crippen LogP contribution < -0.4 is 0 Å². The predicted molar refractivity (Wildman–Crippen MR) is 120 cm³/mol. The molecule has 0 radical (unpaired) electrons. The van der Waals surface area contributed by atoms with E-state index in [1.165, 1.54) is 4.90 Å². The van der Waals surface area contributed by atoms with Gasteiger partial charge in [-0.05, 0) is 52.0 Å². The zero-order chi connectivity index (χ0) is 24.1. The van der Waals surface area contributed by atoms with Gasteiger partial charge in [0.2, 0.25) is 5.91 Å². The molecular formula is C25H34N2O6. The summed E-state index contributed by atoms with van der Waals surface area (Å²) in [4.78, 5) is 42.1. The van der Waals surface area contributed by atoms with Crippen LogP contribution in [0.15, 0.2) is 30.3 Å². The van der Waals surface area contributed by atoms with Crippen LogP contribution in [0.1, 0.15) is 59.1 Å². The summed E-state index contributed by atoms with van der Waals surface area (Å²) in [5, 5.41) is 0. The van der Waals surface area contributed by atoms with Crippen molar-refractivity contribution in [2.75, 3.05) is 7.11 Å². The number of fused-ring (bicyclic) bond motifs is 1. The molecule has 3 fully saturated rings. The van der Waals surface area contributed by atoms with Crippen molar-refractivity contribution >= 4 is 18.1 Å². The van der Waals surface area contributed by atoms with Crippen molar-refractivity contribution < 1.29 is 28.6 Å². The third kappa shape index (κ3) is 4.45. The third-order valence-electron chi connectivity index (χ3n) is 6.92. The minimum Gasteiger partial charge on any atom is -0.444 e. The number of hydrogen-bond donors (Lipinski definition) is 0. The fraction of sp³-hybridized carbons (Fsp3) is 0.640. The van der Waals surface area contributed by atoms with Crippen LogP contribution in [-0.4, -0.2) is 64.8 Å². The first kappa shape index (κ1) is 23.5. The Kier molecular flexibility index (Phi) is 6.16. The number of carbonyl (C=O) groups is 3. The van der Waals surface area contributed by atoms with Gasteiger partial charge in [0.15, 0.2) is 0 Å². The van der Waals surface area contributed by atoms with E-state index in [0.29, 0.717) is 5.92 Å². The lowest BCUT2D eigenvalue weighted by molar-refractivity contribution is -0.139. The van der Waals surface area contributed by atoms with Crippen LogP contribution in [0.2, 0.25) is 0 Å². The van der Waals surface area contributed by atoms with Gasteiger partial charge in [-0.3, -0.25) is 9.69 Å². The summed E-state index contributed by atoms with van der Waals surface area (Å²) >= 11 is 0. The lowest BCUT2D eigenvalue weighted by Gasteiger charge is -2.37. The zero-order valence-electron chi connectivity index (χ0n) is 20.2. The summed E-state index contributed by atoms with van der Waals surface area (Å²) in [6, 6.07) is 8.80. The van der Waals surface area contributed by atoms with Gasteiger partial charge in [0.1, 0.15) is 11.7 Å². The predicted octanol–water partition coefficient (Wildman–Crippen LogP) is 4.14. The second-order valence-corrected chi connectivity index (χ2v) is 10.4. The second kappa shape index (κ2) is 8.63. The molecule has 1 aromatic rings. The Bertz CT molecular complexity index is 913. The van der Waals surface area contributed by atoms with Crippen LogP contribution >= 0.6 is 0 Å². The van der Waals surface area contributed by atoms with Crippen LogP contribution in [0.5, 0.6) is 0 Å². The number of cyclic esters (lactones) is 1. The normalized spacial score (nSPS) is 30.5. The molecule has 1 unspecified atom stereocenters. The Hall–Kier alpha value is -2.61. The van der Waals surface area contributed by atoms with Crippen LogP contribution in [0.25, 0.3) is 0 Å². The molecule has 0 spiro atoms. The topological polar surface area (TPSA) is 85.4 Å². The molecule has 0 bridgehead atoms. The lowest BCUT2D eigenvalue weighted by atomic mass is 9.92. The number of amides is 3. The fourth-order valence-corrected chi connectivity index (χ4v) is 5.27. The molecule has 1 aliphatic carbocycles. The largest absolute Gasteiger partial charge is 0.444 e. The van der Waals surface area contributed by atoms with E-state index in [-0.39, 0.29) is 24.1 Å². The van der Waals surface area contributed by atoms with Crippen molar-refractivity contribution in [1.29, 1.82) is 0 Å². The van der Waals surface area contributed by atoms with E-state index < -0.39 is 35.9 Å². The van der Waals surface area contributed by atoms with Crippen molar-refractivity contribution in [2.24, 2.45) is 11.8 Å². The number of benzene rings is 1. The average Bonchev–Trinajstić information content (AvgIpc) is 3.30. The maximum atomic E-state index is 13.5. The Morgan fingerprint density at radius 1 is 1.15 bits per heavy atom. The summed E-state index contributed by atoms with van der Waals surface area (Å²) < 4.78 is 17.0. The average molecular weight is 459 g/mol. The molecule has 7 atom stereocenters. The highest BCUT2D eigenvalue weighted by atomic mass is 16.6. The molecule has 8 nitrogen and oxygen atoms in total. The van der Waals surface area contributed by atoms with Gasteiger partial charge in [-0.1, -0.05) is 37.3 Å². The molecule has 180 valence electrons. The first-order valence-electron chi connectivity index (χ1n) is 11.7. The number of ether oxygens (including phenoxy) is 3. The zero-order valence-corrected chi connectivity index (χ0v) is 20.2. The Morgan fingerprint density at radius 2 is 1.82 bits per heavy atom. The van der Waals surface area contributed by atoms with Crippen molar-refractivity contribution in [3.8, 4) is 0 Å². The molecule has 2 saturated heterocycles. The molecule has 2 aliphatic heterocycles. The molecule has 8 heteroatoms. The van der Waals surface area contributed by atoms with Gasteiger partial charge in [0.25, 0.3) is 0 Å². The number of nitrogens with zero attached hydrogens (tertiary/aromatic N) is 2. The number of piperidine rings is 1. The molecule has 0 N–H and O–H groups in total. The quantitative estimate of drug-likeness (QED) is 0.659. The molecular weight excluding hydrogens is 424 g/mol. The highest BCUT2D eigenvalue weighted by Gasteiger charge is 2.58. The summed E-state index contributed by atoms with van der Waals surface area (Å²) in [5.41, 5.74) is 0.233. The maximum absolute atomic E-state index is 13.5. The Morgan fingerprint density at radius 3 is 2.42 bits per heavy atom. The van der Waals surface area contributed by atoms with Crippen molar-refractivity contribution in [3.63, 3.8) is 0 Å². The molecule has 1 saturated carbocycles. The first-order chi connectivity index (χ1) is 15.5. The van der Waals surface area contributed by atoms with E-state index in [4.69, 9.17) is 14.2 Å². The minimum absolute atomic E-state index is 0.128. The number of hydrogen-bond acceptors (Lipinski definition) is 6. The molecule has 0 aromatic heterocycles. The lowest BCUT2D eigenvalue weighted by Crippen LogP contribution is -2.53. The fourth-order valence-electron chi connectivity index (χ4n) is 5.27. The third-order valence-corrected chi connectivity index (χ3v) is 6.92. The van der Waals surface area contributed by atoms with E-state index in [1.54, 1.807) is 18.9 Å². The van der Waals surface area contributed by atoms with Gasteiger partial charge in [-0.2, -0.15) is 0 Å². The van der Waals surface area contributed by atoms with E-state index in [0.717, 1.165) is 18.4 Å². The van der Waals surface area contributed by atoms with Gasteiger partial charge in [0, 0.05) is 13.2 Å². The highest BCUT2D eigenvalue weighted by molar-refractivity contribution is 5.95. The van der Waals surface area contributed by atoms with Gasteiger partial charge in [-0.25, -0.2) is 14.5 Å². The number of imide groups is 1. The van der Waals surface area contributed by atoms with Crippen LogP contribution in [0.4, 0.5) is 9.59 Å². The molecule has 4 rings (SSSR count). The van der Waals surface area contributed by atoms with Gasteiger partial charge >= 0.3 is 12.2 Å². The molecule has 2 heterocycles. The standard InChI is InChI=1S/C25H34N2O6/c1-14(22(28)26-15(2)21(32-23(26)29)16-10-8-7-9-11-16)20(31-6)19-13-17-12-18(17)27(19)24(30)33-25(3,4)5/h7-11,14-15,17-21H,12-13H2,1-6H3/t14-,15-,17-,18?,19+,20-,21-/m1/s1. The van der Waals surface area contributed by atoms with Crippen LogP contribution in [0.3, 0.4) is 0 Å². The summed E-state index contributed by atoms with van der Waals surface area (Å²) in [7, 11) is 1.55. The number of methoxy groups -OCH3 is 1. The van der Waals surface area contributed by atoms with E-state index in [2.05, 4.69) is 0 Å². The molecule has 3 aliphatic rings. The summed E-state index contributed by atoms with van der Waals surface area (Å²) in [5.74, 6) is -0.602. The number of rotatable bonds is 5. The molecule has 3 amide bonds. The first-order valence-corrected chi connectivity index (χ1v) is 11.7. The van der Waals surface area contributed by atoms with Crippen molar-refractivity contribution in [1.82, 2.24) is 9.80 Å². The number of likely N-dealkylation sites (tertiary alicyclic amines) is 1. The van der Waals surface area contributed by atoms with Gasteiger partial charge < -0.3 is 14.2 Å².